The number of likely N-dealkylation sites (N-methyl/N-ethyl adjacent to an activating group) is 1. The van der Waals surface area contributed by atoms with Gasteiger partial charge in [0.1, 0.15) is 4.88 Å². The Balaban J connectivity index is 2.82. The van der Waals surface area contributed by atoms with Crippen LogP contribution in [-0.2, 0) is 0 Å². The first-order chi connectivity index (χ1) is 6.83. The molecule has 0 aliphatic rings. The molecule has 0 saturated carbocycles. The molecule has 0 saturated heterocycles. The van der Waals surface area contributed by atoms with Crippen molar-refractivity contribution in [3.05, 3.63) is 10.0 Å². The summed E-state index contributed by atoms with van der Waals surface area (Å²) >= 11 is 6.95. The monoisotopic (exact) mass is 248 g/mol. The lowest BCUT2D eigenvalue weighted by Crippen LogP contribution is -2.36. The molecule has 1 aromatic rings. The largest absolute Gasteiger partial charge is 0.389 e. The number of halogens is 1. The van der Waals surface area contributed by atoms with E-state index in [0.29, 0.717) is 22.8 Å². The van der Waals surface area contributed by atoms with Gasteiger partial charge < -0.3 is 10.0 Å². The predicted molar refractivity (Wildman–Crippen MR) is 62.1 cm³/mol. The van der Waals surface area contributed by atoms with Crippen LogP contribution in [0.1, 0.15) is 23.5 Å². The maximum absolute atomic E-state index is 10.6. The fourth-order valence-corrected chi connectivity index (χ4v) is 2.21. The zero-order valence-corrected chi connectivity index (χ0v) is 10.4. The number of carbonyl (C=O) groups is 1. The van der Waals surface area contributed by atoms with Gasteiger partial charge in [-0.25, -0.2) is 4.98 Å². The molecule has 84 valence electrons. The van der Waals surface area contributed by atoms with E-state index in [1.807, 2.05) is 0 Å². The van der Waals surface area contributed by atoms with Crippen LogP contribution >= 0.6 is 22.9 Å². The van der Waals surface area contributed by atoms with Gasteiger partial charge in [0.05, 0.1) is 5.60 Å². The van der Waals surface area contributed by atoms with Crippen molar-refractivity contribution in [1.29, 1.82) is 0 Å². The second-order valence-electron chi connectivity index (χ2n) is 3.94. The van der Waals surface area contributed by atoms with Crippen LogP contribution in [-0.4, -0.2) is 35.6 Å². The molecule has 0 unspecified atom stereocenters. The standard InChI is InChI=1S/C9H13ClN2O2S/c1-9(2,14)5-12(3)8-11-7(10)6(4-13)15-8/h4,14H,5H2,1-3H3. The Morgan fingerprint density at radius 3 is 2.67 bits per heavy atom. The first kappa shape index (κ1) is 12.4. The number of hydrogen-bond donors (Lipinski definition) is 1. The molecule has 15 heavy (non-hydrogen) atoms. The van der Waals surface area contributed by atoms with Crippen LogP contribution in [0.4, 0.5) is 5.13 Å². The molecule has 6 heteroatoms. The number of anilines is 1. The Morgan fingerprint density at radius 1 is 1.67 bits per heavy atom. The maximum Gasteiger partial charge on any atom is 0.187 e. The molecule has 0 aromatic carbocycles. The van der Waals surface area contributed by atoms with Crippen molar-refractivity contribution in [3.63, 3.8) is 0 Å². The van der Waals surface area contributed by atoms with Gasteiger partial charge in [-0.05, 0) is 13.8 Å². The predicted octanol–water partition coefficient (Wildman–Crippen LogP) is 1.82. The van der Waals surface area contributed by atoms with Crippen LogP contribution in [0.3, 0.4) is 0 Å². The summed E-state index contributed by atoms with van der Waals surface area (Å²) in [7, 11) is 1.79. The summed E-state index contributed by atoms with van der Waals surface area (Å²) in [6.07, 6.45) is 0.682. The fourth-order valence-electron chi connectivity index (χ4n) is 1.19. The van der Waals surface area contributed by atoms with Crippen molar-refractivity contribution in [2.75, 3.05) is 18.5 Å². The minimum atomic E-state index is -0.811. The minimum Gasteiger partial charge on any atom is -0.389 e. The third-order valence-electron chi connectivity index (χ3n) is 1.66. The number of aromatic nitrogens is 1. The van der Waals surface area contributed by atoms with Gasteiger partial charge in [-0.3, -0.25) is 4.79 Å². The quantitative estimate of drug-likeness (QED) is 0.826. The molecule has 0 bridgehead atoms. The van der Waals surface area contributed by atoms with Gasteiger partial charge in [0.15, 0.2) is 16.6 Å². The molecular formula is C9H13ClN2O2S. The summed E-state index contributed by atoms with van der Waals surface area (Å²) in [5.74, 6) is 0. The maximum atomic E-state index is 10.6. The summed E-state index contributed by atoms with van der Waals surface area (Å²) in [6.45, 7) is 3.84. The number of carbonyl (C=O) groups excluding carboxylic acids is 1. The second kappa shape index (κ2) is 4.47. The molecule has 1 aromatic heterocycles. The van der Waals surface area contributed by atoms with Gasteiger partial charge >= 0.3 is 0 Å². The number of thiazole rings is 1. The zero-order valence-electron chi connectivity index (χ0n) is 8.82. The van der Waals surface area contributed by atoms with E-state index >= 15 is 0 Å². The average Bonchev–Trinajstić information content (AvgIpc) is 2.43. The Morgan fingerprint density at radius 2 is 2.27 bits per heavy atom. The van der Waals surface area contributed by atoms with Gasteiger partial charge in [-0.1, -0.05) is 22.9 Å². The first-order valence-electron chi connectivity index (χ1n) is 4.38. The highest BCUT2D eigenvalue weighted by molar-refractivity contribution is 7.17. The molecule has 1 N–H and O–H groups in total. The van der Waals surface area contributed by atoms with Crippen LogP contribution in [0.25, 0.3) is 0 Å². The second-order valence-corrected chi connectivity index (χ2v) is 5.30. The molecule has 0 radical (unpaired) electrons. The molecule has 0 aliphatic heterocycles. The van der Waals surface area contributed by atoms with Gasteiger partial charge in [0.25, 0.3) is 0 Å². The smallest absolute Gasteiger partial charge is 0.187 e. The van der Waals surface area contributed by atoms with Crippen molar-refractivity contribution in [1.82, 2.24) is 4.98 Å². The average molecular weight is 249 g/mol. The number of nitrogens with zero attached hydrogens (tertiary/aromatic N) is 2. The SMILES string of the molecule is CN(CC(C)(C)O)c1nc(Cl)c(C=O)s1. The molecule has 0 atom stereocenters. The van der Waals surface area contributed by atoms with Crippen LogP contribution in [0.2, 0.25) is 5.15 Å². The Hall–Kier alpha value is -0.650. The van der Waals surface area contributed by atoms with Crippen LogP contribution in [0.15, 0.2) is 0 Å². The van der Waals surface area contributed by atoms with Gasteiger partial charge in [-0.15, -0.1) is 0 Å². The number of rotatable bonds is 4. The number of hydrogen-bond acceptors (Lipinski definition) is 5. The van der Waals surface area contributed by atoms with Gasteiger partial charge in [0.2, 0.25) is 0 Å². The lowest BCUT2D eigenvalue weighted by atomic mass is 10.1. The minimum absolute atomic E-state index is 0.215. The van der Waals surface area contributed by atoms with Crippen molar-refractivity contribution in [2.45, 2.75) is 19.4 Å². The molecule has 1 heterocycles. The number of aldehydes is 1. The van der Waals surface area contributed by atoms with E-state index in [9.17, 15) is 9.90 Å². The first-order valence-corrected chi connectivity index (χ1v) is 5.58. The van der Waals surface area contributed by atoms with E-state index < -0.39 is 5.60 Å². The Bertz CT molecular complexity index is 359. The van der Waals surface area contributed by atoms with E-state index in [-0.39, 0.29) is 5.15 Å². The summed E-state index contributed by atoms with van der Waals surface area (Å²) in [5, 5.41) is 10.5. The normalized spacial score (nSPS) is 11.5. The highest BCUT2D eigenvalue weighted by atomic mass is 35.5. The zero-order chi connectivity index (χ0) is 11.6. The molecule has 0 amide bonds. The van der Waals surface area contributed by atoms with Crippen LogP contribution in [0, 0.1) is 0 Å². The lowest BCUT2D eigenvalue weighted by molar-refractivity contribution is 0.0886. The summed E-state index contributed by atoms with van der Waals surface area (Å²) in [4.78, 5) is 16.8. The van der Waals surface area contributed by atoms with Gasteiger partial charge in [-0.2, -0.15) is 0 Å². The fraction of sp³-hybridized carbons (Fsp3) is 0.556. The van der Waals surface area contributed by atoms with E-state index in [1.54, 1.807) is 25.8 Å². The molecular weight excluding hydrogens is 236 g/mol. The molecule has 4 nitrogen and oxygen atoms in total. The third kappa shape index (κ3) is 3.44. The van der Waals surface area contributed by atoms with Crippen LogP contribution < -0.4 is 4.90 Å². The summed E-state index contributed by atoms with van der Waals surface area (Å²) in [6, 6.07) is 0. The number of aliphatic hydroxyl groups is 1. The molecule has 1 rings (SSSR count). The molecule has 0 fully saturated rings. The third-order valence-corrected chi connectivity index (χ3v) is 3.15. The van der Waals surface area contributed by atoms with Crippen LogP contribution in [0.5, 0.6) is 0 Å². The van der Waals surface area contributed by atoms with Crippen molar-refractivity contribution < 1.29 is 9.90 Å². The Labute approximate surface area is 97.5 Å². The molecule has 0 spiro atoms. The highest BCUT2D eigenvalue weighted by Gasteiger charge is 2.19. The van der Waals surface area contributed by atoms with Crippen molar-refractivity contribution in [2.24, 2.45) is 0 Å². The highest BCUT2D eigenvalue weighted by Crippen LogP contribution is 2.28. The summed E-state index contributed by atoms with van der Waals surface area (Å²) in [5.41, 5.74) is -0.811. The van der Waals surface area contributed by atoms with Crippen molar-refractivity contribution in [3.8, 4) is 0 Å². The van der Waals surface area contributed by atoms with E-state index in [1.165, 1.54) is 11.3 Å². The Kier molecular flexibility index (Phi) is 3.70. The summed E-state index contributed by atoms with van der Waals surface area (Å²) < 4.78 is 0. The van der Waals surface area contributed by atoms with E-state index in [2.05, 4.69) is 4.98 Å². The van der Waals surface area contributed by atoms with E-state index in [0.717, 1.165) is 0 Å². The van der Waals surface area contributed by atoms with E-state index in [4.69, 9.17) is 11.6 Å². The van der Waals surface area contributed by atoms with Crippen molar-refractivity contribution >= 4 is 34.4 Å². The molecule has 0 aliphatic carbocycles. The topological polar surface area (TPSA) is 53.4 Å². The lowest BCUT2D eigenvalue weighted by Gasteiger charge is -2.24. The van der Waals surface area contributed by atoms with Gasteiger partial charge in [0, 0.05) is 13.6 Å².